The molecule has 2 aliphatic rings. The van der Waals surface area contributed by atoms with Crippen LogP contribution in [0.5, 0.6) is 0 Å². The van der Waals surface area contributed by atoms with Crippen molar-refractivity contribution in [1.29, 1.82) is 0 Å². The number of carbonyl (C=O) groups excluding carboxylic acids is 1. The van der Waals surface area contributed by atoms with Crippen molar-refractivity contribution in [2.45, 2.75) is 12.5 Å². The number of pyridine rings is 1. The summed E-state index contributed by atoms with van der Waals surface area (Å²) in [5.41, 5.74) is 3.05. The molecular weight excluding hydrogens is 446 g/mol. The summed E-state index contributed by atoms with van der Waals surface area (Å²) in [7, 11) is -2.91. The fourth-order valence-electron chi connectivity index (χ4n) is 4.64. The summed E-state index contributed by atoms with van der Waals surface area (Å²) in [6.45, 7) is 2.56. The van der Waals surface area contributed by atoms with Crippen LogP contribution in [0, 0.1) is 0 Å². The average molecular weight is 470 g/mol. The maximum absolute atomic E-state index is 13.5. The molecule has 0 saturated carbocycles. The van der Waals surface area contributed by atoms with Gasteiger partial charge in [0.15, 0.2) is 9.84 Å². The molecule has 2 aromatic carbocycles. The van der Waals surface area contributed by atoms with E-state index in [1.165, 1.54) is 0 Å². The number of benzene rings is 2. The zero-order valence-corrected chi connectivity index (χ0v) is 19.1. The number of nitrogens with zero attached hydrogens (tertiary/aromatic N) is 3. The molecule has 1 unspecified atom stereocenters. The number of rotatable bonds is 3. The highest BCUT2D eigenvalue weighted by molar-refractivity contribution is 7.91. The van der Waals surface area contributed by atoms with E-state index in [1.807, 2.05) is 59.5 Å². The SMILES string of the molecule is O=C(c1cc(-c2ccc(Cl)cc2)nc2ccccc12)N1CCN(C2CCS(=O)(=O)C2)CC1. The smallest absolute Gasteiger partial charge is 0.254 e. The number of amides is 1. The van der Waals surface area contributed by atoms with Gasteiger partial charge in [0.1, 0.15) is 0 Å². The molecule has 0 radical (unpaired) electrons. The predicted octanol–water partition coefficient (Wildman–Crippen LogP) is 3.50. The van der Waals surface area contributed by atoms with Gasteiger partial charge in [0.25, 0.3) is 5.91 Å². The first-order valence-corrected chi connectivity index (χ1v) is 13.0. The summed E-state index contributed by atoms with van der Waals surface area (Å²) in [4.78, 5) is 22.4. The van der Waals surface area contributed by atoms with E-state index in [9.17, 15) is 13.2 Å². The summed E-state index contributed by atoms with van der Waals surface area (Å²) in [5, 5.41) is 1.48. The second kappa shape index (κ2) is 8.46. The van der Waals surface area contributed by atoms with Gasteiger partial charge in [-0.1, -0.05) is 41.9 Å². The molecule has 5 rings (SSSR count). The van der Waals surface area contributed by atoms with Crippen LogP contribution >= 0.6 is 11.6 Å². The van der Waals surface area contributed by atoms with Gasteiger partial charge < -0.3 is 4.90 Å². The van der Waals surface area contributed by atoms with E-state index in [-0.39, 0.29) is 23.5 Å². The summed E-state index contributed by atoms with van der Waals surface area (Å²) >= 11 is 6.03. The lowest BCUT2D eigenvalue weighted by atomic mass is 10.0. The van der Waals surface area contributed by atoms with E-state index in [4.69, 9.17) is 16.6 Å². The molecular formula is C24H24ClN3O3S. The summed E-state index contributed by atoms with van der Waals surface area (Å²) < 4.78 is 23.7. The molecule has 0 N–H and O–H groups in total. The Bertz CT molecular complexity index is 1270. The quantitative estimate of drug-likeness (QED) is 0.587. The molecule has 166 valence electrons. The highest BCUT2D eigenvalue weighted by Gasteiger charge is 2.34. The van der Waals surface area contributed by atoms with Crippen LogP contribution in [-0.2, 0) is 9.84 Å². The van der Waals surface area contributed by atoms with Crippen LogP contribution in [0.15, 0.2) is 54.6 Å². The standard InChI is InChI=1S/C24H24ClN3O3S/c25-18-7-5-17(6-8-18)23-15-21(20-3-1-2-4-22(20)26-23)24(29)28-12-10-27(11-13-28)19-9-14-32(30,31)16-19/h1-8,15,19H,9-14,16H2. The zero-order chi connectivity index (χ0) is 22.3. The number of aromatic nitrogens is 1. The molecule has 3 aromatic rings. The van der Waals surface area contributed by atoms with E-state index in [0.29, 0.717) is 43.2 Å². The molecule has 2 aliphatic heterocycles. The molecule has 2 fully saturated rings. The van der Waals surface area contributed by atoms with Crippen molar-refractivity contribution < 1.29 is 13.2 Å². The van der Waals surface area contributed by atoms with Gasteiger partial charge in [0.2, 0.25) is 0 Å². The average Bonchev–Trinajstić information content (AvgIpc) is 3.18. The second-order valence-electron chi connectivity index (χ2n) is 8.46. The van der Waals surface area contributed by atoms with E-state index < -0.39 is 9.84 Å². The van der Waals surface area contributed by atoms with Crippen molar-refractivity contribution in [3.05, 3.63) is 65.2 Å². The Kier molecular flexibility index (Phi) is 5.65. The van der Waals surface area contributed by atoms with Crippen molar-refractivity contribution in [3.8, 4) is 11.3 Å². The zero-order valence-electron chi connectivity index (χ0n) is 17.6. The Morgan fingerprint density at radius 1 is 1.00 bits per heavy atom. The highest BCUT2D eigenvalue weighted by atomic mass is 35.5. The molecule has 2 saturated heterocycles. The molecule has 1 amide bonds. The van der Waals surface area contributed by atoms with E-state index in [1.54, 1.807) is 0 Å². The Balaban J connectivity index is 1.40. The lowest BCUT2D eigenvalue weighted by molar-refractivity contribution is 0.0589. The predicted molar refractivity (Wildman–Crippen MR) is 127 cm³/mol. The van der Waals surface area contributed by atoms with Crippen molar-refractivity contribution in [3.63, 3.8) is 0 Å². The largest absolute Gasteiger partial charge is 0.336 e. The van der Waals surface area contributed by atoms with Crippen molar-refractivity contribution in [2.75, 3.05) is 37.7 Å². The Morgan fingerprint density at radius 2 is 1.72 bits per heavy atom. The number of halogens is 1. The van der Waals surface area contributed by atoms with Gasteiger partial charge in [0, 0.05) is 48.2 Å². The third-order valence-corrected chi connectivity index (χ3v) is 8.42. The van der Waals surface area contributed by atoms with Crippen LogP contribution in [0.1, 0.15) is 16.8 Å². The minimum atomic E-state index is -2.91. The molecule has 8 heteroatoms. The number of sulfone groups is 1. The maximum Gasteiger partial charge on any atom is 0.254 e. The monoisotopic (exact) mass is 469 g/mol. The molecule has 1 atom stereocenters. The van der Waals surface area contributed by atoms with Gasteiger partial charge in [-0.2, -0.15) is 0 Å². The molecule has 0 bridgehead atoms. The Morgan fingerprint density at radius 3 is 2.41 bits per heavy atom. The van der Waals surface area contributed by atoms with Crippen LogP contribution in [0.25, 0.3) is 22.2 Å². The number of hydrogen-bond donors (Lipinski definition) is 0. The first kappa shape index (κ1) is 21.4. The van der Waals surface area contributed by atoms with Crippen LogP contribution in [0.4, 0.5) is 0 Å². The van der Waals surface area contributed by atoms with Crippen LogP contribution in [0.2, 0.25) is 5.02 Å². The topological polar surface area (TPSA) is 70.6 Å². The lowest BCUT2D eigenvalue weighted by Gasteiger charge is -2.37. The summed E-state index contributed by atoms with van der Waals surface area (Å²) in [6, 6.07) is 17.1. The van der Waals surface area contributed by atoms with Gasteiger partial charge in [-0.3, -0.25) is 9.69 Å². The Labute approximate surface area is 192 Å². The Hall–Kier alpha value is -2.48. The van der Waals surface area contributed by atoms with Crippen LogP contribution in [0.3, 0.4) is 0 Å². The highest BCUT2D eigenvalue weighted by Crippen LogP contribution is 2.27. The molecule has 32 heavy (non-hydrogen) atoms. The first-order chi connectivity index (χ1) is 15.4. The van der Waals surface area contributed by atoms with Crippen molar-refractivity contribution in [2.24, 2.45) is 0 Å². The van der Waals surface area contributed by atoms with E-state index >= 15 is 0 Å². The number of fused-ring (bicyclic) bond motifs is 1. The molecule has 6 nitrogen and oxygen atoms in total. The first-order valence-electron chi connectivity index (χ1n) is 10.8. The third-order valence-electron chi connectivity index (χ3n) is 6.41. The molecule has 0 spiro atoms. The molecule has 0 aliphatic carbocycles. The van der Waals surface area contributed by atoms with Gasteiger partial charge in [-0.05, 0) is 30.7 Å². The normalized spacial score (nSPS) is 21.2. The minimum Gasteiger partial charge on any atom is -0.336 e. The van der Waals surface area contributed by atoms with Gasteiger partial charge in [0.05, 0.1) is 28.3 Å². The lowest BCUT2D eigenvalue weighted by Crippen LogP contribution is -2.52. The number of para-hydroxylation sites is 1. The van der Waals surface area contributed by atoms with Gasteiger partial charge in [-0.25, -0.2) is 13.4 Å². The summed E-state index contributed by atoms with van der Waals surface area (Å²) in [5.74, 6) is 0.491. The number of hydrogen-bond acceptors (Lipinski definition) is 5. The van der Waals surface area contributed by atoms with Crippen molar-refractivity contribution >= 4 is 38.2 Å². The number of piperazine rings is 1. The minimum absolute atomic E-state index is 0.0162. The van der Waals surface area contributed by atoms with E-state index in [0.717, 1.165) is 22.2 Å². The number of carbonyl (C=O) groups is 1. The van der Waals surface area contributed by atoms with Crippen molar-refractivity contribution in [1.82, 2.24) is 14.8 Å². The summed E-state index contributed by atoms with van der Waals surface area (Å²) in [6.07, 6.45) is 0.690. The van der Waals surface area contributed by atoms with Crippen LogP contribution in [-0.4, -0.2) is 72.8 Å². The maximum atomic E-state index is 13.5. The van der Waals surface area contributed by atoms with E-state index in [2.05, 4.69) is 4.90 Å². The second-order valence-corrected chi connectivity index (χ2v) is 11.1. The van der Waals surface area contributed by atoms with Crippen LogP contribution < -0.4 is 0 Å². The third kappa shape index (κ3) is 4.25. The molecule has 3 heterocycles. The van der Waals surface area contributed by atoms with Gasteiger partial charge >= 0.3 is 0 Å². The fraction of sp³-hybridized carbons (Fsp3) is 0.333. The van der Waals surface area contributed by atoms with Gasteiger partial charge in [-0.15, -0.1) is 0 Å². The molecule has 1 aromatic heterocycles. The fourth-order valence-corrected chi connectivity index (χ4v) is 6.53.